The molecule has 0 aliphatic rings. The van der Waals surface area contributed by atoms with Gasteiger partial charge in [0.25, 0.3) is 0 Å². The molecule has 0 spiro atoms. The Hall–Kier alpha value is -0.630. The van der Waals surface area contributed by atoms with E-state index in [2.05, 4.69) is 32.2 Å². The molecule has 0 aliphatic heterocycles. The van der Waals surface area contributed by atoms with E-state index in [1.807, 2.05) is 6.07 Å². The molecular weight excluding hydrogens is 180 g/mol. The summed E-state index contributed by atoms with van der Waals surface area (Å²) in [4.78, 5) is 1.31. The molecule has 1 rings (SSSR count). The van der Waals surface area contributed by atoms with E-state index < -0.39 is 0 Å². The maximum atomic E-state index is 5.18. The lowest BCUT2D eigenvalue weighted by Gasteiger charge is -2.11. The van der Waals surface area contributed by atoms with E-state index in [0.29, 0.717) is 0 Å². The van der Waals surface area contributed by atoms with Crippen molar-refractivity contribution in [2.45, 2.75) is 18.7 Å². The Balaban J connectivity index is 3.10. The zero-order valence-electron chi connectivity index (χ0n) is 8.55. The first-order valence-electron chi connectivity index (χ1n) is 4.21. The van der Waals surface area contributed by atoms with Crippen molar-refractivity contribution in [3.63, 3.8) is 0 Å². The highest BCUT2D eigenvalue weighted by atomic mass is 32.2. The highest BCUT2D eigenvalue weighted by Gasteiger charge is 2.07. The second-order valence-electron chi connectivity index (χ2n) is 3.07. The van der Waals surface area contributed by atoms with Crippen molar-refractivity contribution in [3.8, 4) is 5.75 Å². The van der Waals surface area contributed by atoms with Gasteiger partial charge in [0.15, 0.2) is 0 Å². The summed E-state index contributed by atoms with van der Waals surface area (Å²) in [5, 5.41) is 0. The summed E-state index contributed by atoms with van der Waals surface area (Å²) in [6.07, 6.45) is 2.09. The molecular formula is C11H15OS. The van der Waals surface area contributed by atoms with Gasteiger partial charge in [0.05, 0.1) is 7.11 Å². The minimum atomic E-state index is 0.925. The van der Waals surface area contributed by atoms with Crippen molar-refractivity contribution in [2.24, 2.45) is 0 Å². The predicted octanol–water partition coefficient (Wildman–Crippen LogP) is 3.38. The topological polar surface area (TPSA) is 9.23 Å². The van der Waals surface area contributed by atoms with Crippen molar-refractivity contribution in [2.75, 3.05) is 13.4 Å². The zero-order valence-corrected chi connectivity index (χ0v) is 9.37. The first kappa shape index (κ1) is 10.5. The molecule has 0 heterocycles. The SMILES string of the molecule is COc1ccc(SC)c([C](C)C)c1. The van der Waals surface area contributed by atoms with Gasteiger partial charge in [-0.15, -0.1) is 11.8 Å². The summed E-state index contributed by atoms with van der Waals surface area (Å²) in [6, 6.07) is 6.19. The molecule has 0 N–H and O–H groups in total. The molecule has 1 nitrogen and oxygen atoms in total. The molecule has 1 radical (unpaired) electrons. The number of methoxy groups -OCH3 is 1. The lowest BCUT2D eigenvalue weighted by molar-refractivity contribution is 0.414. The molecule has 2 heteroatoms. The standard InChI is InChI=1S/C11H15OS/c1-8(2)10-7-9(12-3)5-6-11(10)13-4/h5-7H,1-4H3. The van der Waals surface area contributed by atoms with E-state index in [9.17, 15) is 0 Å². The van der Waals surface area contributed by atoms with Gasteiger partial charge in [-0.2, -0.15) is 0 Å². The predicted molar refractivity (Wildman–Crippen MR) is 58.5 cm³/mol. The highest BCUT2D eigenvalue weighted by molar-refractivity contribution is 7.98. The number of thioether (sulfide) groups is 1. The van der Waals surface area contributed by atoms with Gasteiger partial charge >= 0.3 is 0 Å². The van der Waals surface area contributed by atoms with Crippen LogP contribution in [0.2, 0.25) is 0 Å². The fraction of sp³-hybridized carbons (Fsp3) is 0.364. The van der Waals surface area contributed by atoms with Gasteiger partial charge in [-0.25, -0.2) is 0 Å². The van der Waals surface area contributed by atoms with Crippen LogP contribution in [0.3, 0.4) is 0 Å². The molecule has 0 atom stereocenters. The number of ether oxygens (including phenoxy) is 1. The summed E-state index contributed by atoms with van der Waals surface area (Å²) < 4.78 is 5.18. The third-order valence-electron chi connectivity index (χ3n) is 1.95. The molecule has 0 unspecified atom stereocenters. The quantitative estimate of drug-likeness (QED) is 0.684. The lowest BCUT2D eigenvalue weighted by Crippen LogP contribution is -1.93. The van der Waals surface area contributed by atoms with Crippen LogP contribution < -0.4 is 4.74 Å². The fourth-order valence-corrected chi connectivity index (χ4v) is 1.89. The number of hydrogen-bond donors (Lipinski definition) is 0. The summed E-state index contributed by atoms with van der Waals surface area (Å²) in [5.74, 6) is 2.25. The Labute approximate surface area is 84.5 Å². The summed E-state index contributed by atoms with van der Waals surface area (Å²) >= 11 is 1.77. The number of rotatable bonds is 3. The summed E-state index contributed by atoms with van der Waals surface area (Å²) in [7, 11) is 1.70. The van der Waals surface area contributed by atoms with Crippen LogP contribution in [0, 0.1) is 5.92 Å². The second kappa shape index (κ2) is 4.56. The van der Waals surface area contributed by atoms with Crippen LogP contribution in [0.1, 0.15) is 19.4 Å². The Morgan fingerprint density at radius 1 is 1.31 bits per heavy atom. The van der Waals surface area contributed by atoms with E-state index in [0.717, 1.165) is 5.75 Å². The third kappa shape index (κ3) is 2.41. The van der Waals surface area contributed by atoms with Gasteiger partial charge in [-0.05, 0) is 30.0 Å². The minimum Gasteiger partial charge on any atom is -0.497 e. The van der Waals surface area contributed by atoms with Crippen LogP contribution >= 0.6 is 11.8 Å². The van der Waals surface area contributed by atoms with E-state index >= 15 is 0 Å². The third-order valence-corrected chi connectivity index (χ3v) is 2.74. The van der Waals surface area contributed by atoms with Gasteiger partial charge in [0, 0.05) is 10.8 Å². The molecule has 71 valence electrons. The van der Waals surface area contributed by atoms with E-state index in [-0.39, 0.29) is 0 Å². The Morgan fingerprint density at radius 2 is 2.00 bits per heavy atom. The molecule has 0 saturated heterocycles. The largest absolute Gasteiger partial charge is 0.497 e. The van der Waals surface area contributed by atoms with Gasteiger partial charge in [0.2, 0.25) is 0 Å². The molecule has 0 aromatic heterocycles. The van der Waals surface area contributed by atoms with Crippen molar-refractivity contribution in [3.05, 3.63) is 29.7 Å². The monoisotopic (exact) mass is 195 g/mol. The maximum absolute atomic E-state index is 5.18. The van der Waals surface area contributed by atoms with Gasteiger partial charge in [-0.3, -0.25) is 0 Å². The van der Waals surface area contributed by atoms with Crippen LogP contribution in [0.25, 0.3) is 0 Å². The summed E-state index contributed by atoms with van der Waals surface area (Å²) in [5.41, 5.74) is 1.28. The first-order chi connectivity index (χ1) is 6.19. The van der Waals surface area contributed by atoms with Crippen molar-refractivity contribution in [1.29, 1.82) is 0 Å². The molecule has 13 heavy (non-hydrogen) atoms. The van der Waals surface area contributed by atoms with E-state index in [1.54, 1.807) is 18.9 Å². The first-order valence-corrected chi connectivity index (χ1v) is 5.44. The summed E-state index contributed by atoms with van der Waals surface area (Å²) in [6.45, 7) is 4.24. The Kier molecular flexibility index (Phi) is 3.67. The Morgan fingerprint density at radius 3 is 2.46 bits per heavy atom. The van der Waals surface area contributed by atoms with Crippen LogP contribution in [0.15, 0.2) is 23.1 Å². The second-order valence-corrected chi connectivity index (χ2v) is 3.91. The molecule has 0 saturated carbocycles. The lowest BCUT2D eigenvalue weighted by atomic mass is 10.0. The fourth-order valence-electron chi connectivity index (χ4n) is 1.20. The maximum Gasteiger partial charge on any atom is 0.119 e. The van der Waals surface area contributed by atoms with E-state index in [1.165, 1.54) is 16.4 Å². The minimum absolute atomic E-state index is 0.925. The molecule has 0 amide bonds. The average Bonchev–Trinajstić information content (AvgIpc) is 2.16. The van der Waals surface area contributed by atoms with Crippen LogP contribution in [0.4, 0.5) is 0 Å². The molecule has 1 aromatic rings. The number of hydrogen-bond acceptors (Lipinski definition) is 2. The van der Waals surface area contributed by atoms with Crippen molar-refractivity contribution >= 4 is 11.8 Å². The highest BCUT2D eigenvalue weighted by Crippen LogP contribution is 2.29. The van der Waals surface area contributed by atoms with Crippen LogP contribution in [0.5, 0.6) is 5.75 Å². The Bertz CT molecular complexity index is 281. The normalized spacial score (nSPS) is 10.5. The van der Waals surface area contributed by atoms with Crippen molar-refractivity contribution < 1.29 is 4.74 Å². The van der Waals surface area contributed by atoms with Crippen LogP contribution in [-0.2, 0) is 0 Å². The molecule has 0 aliphatic carbocycles. The number of benzene rings is 1. The van der Waals surface area contributed by atoms with E-state index in [4.69, 9.17) is 4.74 Å². The molecule has 0 bridgehead atoms. The van der Waals surface area contributed by atoms with Crippen LogP contribution in [-0.4, -0.2) is 13.4 Å². The van der Waals surface area contributed by atoms with Gasteiger partial charge in [-0.1, -0.05) is 13.8 Å². The molecule has 1 aromatic carbocycles. The average molecular weight is 195 g/mol. The smallest absolute Gasteiger partial charge is 0.119 e. The van der Waals surface area contributed by atoms with Crippen molar-refractivity contribution in [1.82, 2.24) is 0 Å². The molecule has 0 fully saturated rings. The van der Waals surface area contributed by atoms with Gasteiger partial charge < -0.3 is 4.74 Å². The zero-order chi connectivity index (χ0) is 9.84. The van der Waals surface area contributed by atoms with Gasteiger partial charge in [0.1, 0.15) is 5.75 Å².